The molecule has 0 aliphatic carbocycles. The van der Waals surface area contributed by atoms with Gasteiger partial charge in [0, 0.05) is 29.4 Å². The number of hydrogen-bond donors (Lipinski definition) is 1. The highest BCUT2D eigenvalue weighted by molar-refractivity contribution is 7.91. The molecule has 53 heavy (non-hydrogen) atoms. The number of amides is 2. The number of sulfone groups is 1. The Hall–Kier alpha value is -4.37. The van der Waals surface area contributed by atoms with E-state index in [-0.39, 0.29) is 85.6 Å². The van der Waals surface area contributed by atoms with Crippen LogP contribution in [0.2, 0.25) is 5.02 Å². The molecule has 2 unspecified atom stereocenters. The van der Waals surface area contributed by atoms with E-state index >= 15 is 8.78 Å². The number of carbonyl (C=O) groups excluding carboxylic acids is 2. The van der Waals surface area contributed by atoms with Crippen molar-refractivity contribution >= 4 is 76.8 Å². The first kappa shape index (κ1) is 38.4. The summed E-state index contributed by atoms with van der Waals surface area (Å²) in [6.45, 7) is 12.2. The third kappa shape index (κ3) is 7.42. The van der Waals surface area contributed by atoms with Gasteiger partial charge in [0.15, 0.2) is 5.82 Å². The van der Waals surface area contributed by atoms with Crippen LogP contribution in [0.25, 0.3) is 32.1 Å². The minimum Gasteiger partial charge on any atom is -0.444 e. The zero-order valence-electron chi connectivity index (χ0n) is 30.0. The summed E-state index contributed by atoms with van der Waals surface area (Å²) in [7, 11) is -4.10. The molecule has 2 aromatic carbocycles. The molecule has 2 fully saturated rings. The van der Waals surface area contributed by atoms with Crippen molar-refractivity contribution in [2.45, 2.75) is 76.9 Å². The van der Waals surface area contributed by atoms with Crippen molar-refractivity contribution in [3.63, 3.8) is 0 Å². The van der Waals surface area contributed by atoms with Crippen LogP contribution in [0.1, 0.15) is 54.0 Å². The van der Waals surface area contributed by atoms with Crippen LogP contribution in [0.3, 0.4) is 0 Å². The minimum atomic E-state index is -4.10. The fourth-order valence-corrected chi connectivity index (χ4v) is 8.40. The van der Waals surface area contributed by atoms with Crippen LogP contribution in [0.4, 0.5) is 29.2 Å². The first-order valence-corrected chi connectivity index (χ1v) is 19.5. The van der Waals surface area contributed by atoms with Crippen LogP contribution in [0.5, 0.6) is 0 Å². The van der Waals surface area contributed by atoms with Crippen molar-refractivity contribution in [1.29, 1.82) is 5.26 Å². The lowest BCUT2D eigenvalue weighted by molar-refractivity contribution is -0.0107. The van der Waals surface area contributed by atoms with Crippen LogP contribution in [0, 0.1) is 23.0 Å². The van der Waals surface area contributed by atoms with Gasteiger partial charge in [-0.15, -0.1) is 11.3 Å². The van der Waals surface area contributed by atoms with Gasteiger partial charge in [-0.25, -0.2) is 36.8 Å². The molecule has 0 spiro atoms. The molecule has 4 aromatic rings. The Balaban J connectivity index is 1.54. The second kappa shape index (κ2) is 13.8. The molecular weight excluding hydrogens is 754 g/mol. The average Bonchev–Trinajstić information content (AvgIpc) is 3.41. The van der Waals surface area contributed by atoms with Crippen molar-refractivity contribution < 1.29 is 41.0 Å². The molecule has 2 aliphatic rings. The number of nitrogens with zero attached hydrogens (tertiary/aromatic N) is 5. The first-order chi connectivity index (χ1) is 24.7. The number of piperazine rings is 1. The molecule has 0 radical (unpaired) electrons. The van der Waals surface area contributed by atoms with E-state index in [9.17, 15) is 23.3 Å². The normalized spacial score (nSPS) is 17.9. The number of fused-ring (bicyclic) bond motifs is 4. The van der Waals surface area contributed by atoms with Gasteiger partial charge in [-0.05, 0) is 59.2 Å². The van der Waals surface area contributed by atoms with Crippen molar-refractivity contribution in [3.05, 3.63) is 40.4 Å². The van der Waals surface area contributed by atoms with Crippen molar-refractivity contribution in [2.75, 3.05) is 42.3 Å². The predicted octanol–water partition coefficient (Wildman–Crippen LogP) is 7.28. The Morgan fingerprint density at radius 3 is 2.32 bits per heavy atom. The Bertz CT molecular complexity index is 2300. The molecule has 0 saturated carbocycles. The van der Waals surface area contributed by atoms with Crippen molar-refractivity contribution in [2.24, 2.45) is 0 Å². The van der Waals surface area contributed by atoms with Gasteiger partial charge < -0.3 is 24.0 Å². The summed E-state index contributed by atoms with van der Waals surface area (Å²) in [4.78, 5) is 37.7. The number of nitrogens with one attached hydrogen (secondary N) is 1. The quantitative estimate of drug-likeness (QED) is 0.202. The number of ether oxygens (including phenoxy) is 3. The smallest absolute Gasteiger partial charge is 0.412 e. The van der Waals surface area contributed by atoms with Gasteiger partial charge in [-0.3, -0.25) is 5.32 Å². The third-order valence-corrected chi connectivity index (χ3v) is 11.4. The number of anilines is 2. The molecule has 6 rings (SSSR count). The molecule has 2 aromatic heterocycles. The van der Waals surface area contributed by atoms with Gasteiger partial charge in [0.25, 0.3) is 0 Å². The largest absolute Gasteiger partial charge is 0.444 e. The molecule has 2 aliphatic heterocycles. The topological polar surface area (TPSA) is 164 Å². The number of nitriles is 1. The second-order valence-electron chi connectivity index (χ2n) is 14.7. The monoisotopic (exact) mass is 790 g/mol. The fraction of sp³-hybridized carbons (Fsp3) is 0.457. The van der Waals surface area contributed by atoms with Gasteiger partial charge in [0.1, 0.15) is 39.4 Å². The summed E-state index contributed by atoms with van der Waals surface area (Å²) < 4.78 is 75.8. The zero-order chi connectivity index (χ0) is 38.8. The van der Waals surface area contributed by atoms with E-state index in [2.05, 4.69) is 15.3 Å². The maximum atomic E-state index is 17.2. The van der Waals surface area contributed by atoms with E-state index in [1.807, 2.05) is 11.0 Å². The zero-order valence-corrected chi connectivity index (χ0v) is 32.4. The number of morpholine rings is 1. The molecular formula is C35H37ClF2N6O7S2. The summed E-state index contributed by atoms with van der Waals surface area (Å²) in [6, 6.07) is 4.67. The molecule has 2 bridgehead atoms. The molecule has 282 valence electrons. The van der Waals surface area contributed by atoms with Crippen LogP contribution in [-0.2, 0) is 24.0 Å². The summed E-state index contributed by atoms with van der Waals surface area (Å²) in [5.41, 5.74) is -2.41. The van der Waals surface area contributed by atoms with E-state index < -0.39 is 62.1 Å². The Labute approximate surface area is 313 Å². The molecule has 4 heterocycles. The van der Waals surface area contributed by atoms with E-state index in [0.717, 1.165) is 17.4 Å². The number of rotatable bonds is 5. The number of hydrogen-bond acceptors (Lipinski definition) is 12. The Kier molecular flexibility index (Phi) is 9.99. The van der Waals surface area contributed by atoms with Gasteiger partial charge in [-0.1, -0.05) is 24.6 Å². The summed E-state index contributed by atoms with van der Waals surface area (Å²) >= 11 is 7.63. The second-order valence-corrected chi connectivity index (χ2v) is 18.3. The number of carbonyl (C=O) groups is 2. The van der Waals surface area contributed by atoms with Gasteiger partial charge in [0.05, 0.1) is 46.3 Å². The van der Waals surface area contributed by atoms with Gasteiger partial charge in [0.2, 0.25) is 15.0 Å². The van der Waals surface area contributed by atoms with Crippen LogP contribution >= 0.6 is 22.9 Å². The van der Waals surface area contributed by atoms with Gasteiger partial charge in [-0.2, -0.15) is 5.26 Å². The Morgan fingerprint density at radius 2 is 1.74 bits per heavy atom. The highest BCUT2D eigenvalue weighted by Crippen LogP contribution is 2.47. The molecule has 2 amide bonds. The Morgan fingerprint density at radius 1 is 1.09 bits per heavy atom. The number of thiophene rings is 1. The van der Waals surface area contributed by atoms with E-state index in [4.69, 9.17) is 25.8 Å². The molecule has 13 nitrogen and oxygen atoms in total. The average molecular weight is 791 g/mol. The number of halogens is 3. The van der Waals surface area contributed by atoms with Gasteiger partial charge >= 0.3 is 12.2 Å². The molecule has 18 heteroatoms. The number of benzene rings is 2. The minimum absolute atomic E-state index is 0.00661. The van der Waals surface area contributed by atoms with Crippen LogP contribution < -0.4 is 10.2 Å². The first-order valence-electron chi connectivity index (χ1n) is 16.6. The lowest BCUT2D eigenvalue weighted by atomic mass is 9.96. The van der Waals surface area contributed by atoms with Crippen molar-refractivity contribution in [1.82, 2.24) is 14.9 Å². The highest BCUT2D eigenvalue weighted by Gasteiger charge is 2.43. The summed E-state index contributed by atoms with van der Waals surface area (Å²) in [5, 5.41) is 12.0. The van der Waals surface area contributed by atoms with Crippen LogP contribution in [-0.4, -0.2) is 90.8 Å². The highest BCUT2D eigenvalue weighted by atomic mass is 35.5. The lowest BCUT2D eigenvalue weighted by Crippen LogP contribution is -2.66. The maximum Gasteiger partial charge on any atom is 0.412 e. The number of aromatic nitrogens is 2. The summed E-state index contributed by atoms with van der Waals surface area (Å²) in [5.74, 6) is -2.07. The molecule has 1 N–H and O–H groups in total. The van der Waals surface area contributed by atoms with E-state index in [1.165, 1.54) is 19.1 Å². The summed E-state index contributed by atoms with van der Waals surface area (Å²) in [6.07, 6.45) is -1.40. The molecule has 2 atom stereocenters. The van der Waals surface area contributed by atoms with E-state index in [0.29, 0.717) is 0 Å². The SMILES string of the molecule is CCS(=O)(=O)c1nc(N2C3COCC2CN(C(=O)OC(C)(C)C)C3)c2cc(Cl)c(-c3ccc(F)c4sc(NC(=O)OC(C)(C)C)c(C#N)c34)c(F)c2n1. The molecule has 2 saturated heterocycles. The fourth-order valence-electron chi connectivity index (χ4n) is 6.33. The maximum absolute atomic E-state index is 17.2. The third-order valence-electron chi connectivity index (χ3n) is 8.45. The standard InChI is InChI=1S/C35H37ClF2N6O7S2/c1-8-53(47,48)31-40-27-20(29(41-31)44-17-13-43(14-18(44)16-49-15-17)33(46)51-35(5,6)7)11-22(36)25(26(27)38)19-9-10-23(37)28-24(19)21(12-39)30(52-28)42-32(45)50-34(2,3)4/h9-11,17-18H,8,13-16H2,1-7H3,(H,42,45). The van der Waals surface area contributed by atoms with E-state index in [1.54, 1.807) is 46.4 Å². The van der Waals surface area contributed by atoms with Crippen LogP contribution in [0.15, 0.2) is 23.4 Å². The lowest BCUT2D eigenvalue weighted by Gasteiger charge is -2.50. The van der Waals surface area contributed by atoms with Crippen molar-refractivity contribution in [3.8, 4) is 17.2 Å². The predicted molar refractivity (Wildman–Crippen MR) is 196 cm³/mol.